The highest BCUT2D eigenvalue weighted by atomic mass is 32.1. The number of hydrogen-bond donors (Lipinski definition) is 1. The van der Waals surface area contributed by atoms with Crippen molar-refractivity contribution >= 4 is 33.3 Å². The van der Waals surface area contributed by atoms with Gasteiger partial charge in [-0.25, -0.2) is 13.8 Å². The summed E-state index contributed by atoms with van der Waals surface area (Å²) in [6, 6.07) is 13.9. The molecule has 0 atom stereocenters. The molecule has 1 N–H and O–H groups in total. The quantitative estimate of drug-likeness (QED) is 0.353. The molecule has 1 amide bonds. The molecule has 3 aromatic heterocycles. The Kier molecular flexibility index (Phi) is 5.79. The summed E-state index contributed by atoms with van der Waals surface area (Å²) in [5.74, 6) is -1.50. The number of nitrogens with zero attached hydrogens (tertiary/aromatic N) is 3. The number of carbonyl (C=O) groups excluding carboxylic acids is 1. The van der Waals surface area contributed by atoms with Crippen LogP contribution in [0.5, 0.6) is 11.5 Å². The lowest BCUT2D eigenvalue weighted by Crippen LogP contribution is -2.28. The van der Waals surface area contributed by atoms with E-state index in [1.54, 1.807) is 30.8 Å². The summed E-state index contributed by atoms with van der Waals surface area (Å²) >= 11 is 1.22. The van der Waals surface area contributed by atoms with Crippen LogP contribution in [0.1, 0.15) is 16.1 Å². The molecule has 0 unspecified atom stereocenters. The summed E-state index contributed by atoms with van der Waals surface area (Å²) in [5, 5.41) is 2.54. The molecular formula is C25H16F2N4O3S. The first kappa shape index (κ1) is 22.4. The fraction of sp³-hybridized carbons (Fsp3) is 0.0400. The van der Waals surface area contributed by atoms with Gasteiger partial charge in [0.2, 0.25) is 0 Å². The molecule has 0 spiro atoms. The smallest absolute Gasteiger partial charge is 0.269 e. The standard InChI is InChI=1S/C25H16F2N4O3S/c1-14-10-18(8-9-28-14)34-22-7-4-16(11-20(22)27)30-23(32)19-12-21-25(35-13-29-21)31(24(19)33)17-5-2-15(26)3-6-17/h2-13H,1H3,(H,30,32). The number of aromatic nitrogens is 3. The molecule has 0 radical (unpaired) electrons. The Morgan fingerprint density at radius 2 is 1.83 bits per heavy atom. The lowest BCUT2D eigenvalue weighted by molar-refractivity contribution is 0.102. The normalized spacial score (nSPS) is 10.9. The van der Waals surface area contributed by atoms with E-state index in [-0.39, 0.29) is 17.0 Å². The van der Waals surface area contributed by atoms with Gasteiger partial charge in [-0.15, -0.1) is 11.3 Å². The Bertz CT molecular complexity index is 1630. The van der Waals surface area contributed by atoms with E-state index in [0.29, 0.717) is 21.8 Å². The minimum absolute atomic E-state index is 0.0313. The number of nitrogens with one attached hydrogen (secondary N) is 1. The van der Waals surface area contributed by atoms with E-state index in [2.05, 4.69) is 15.3 Å². The largest absolute Gasteiger partial charge is 0.454 e. The number of aryl methyl sites for hydroxylation is 1. The van der Waals surface area contributed by atoms with Crippen LogP contribution in [-0.2, 0) is 0 Å². The summed E-state index contributed by atoms with van der Waals surface area (Å²) in [6.07, 6.45) is 1.55. The van der Waals surface area contributed by atoms with E-state index >= 15 is 0 Å². The van der Waals surface area contributed by atoms with Crippen LogP contribution in [0.3, 0.4) is 0 Å². The van der Waals surface area contributed by atoms with Gasteiger partial charge in [0.05, 0.1) is 16.7 Å². The van der Waals surface area contributed by atoms with E-state index in [0.717, 1.165) is 11.8 Å². The molecule has 3 heterocycles. The number of carbonyl (C=O) groups is 1. The first-order chi connectivity index (χ1) is 16.9. The Labute approximate surface area is 201 Å². The topological polar surface area (TPSA) is 86.1 Å². The Balaban J connectivity index is 1.45. The lowest BCUT2D eigenvalue weighted by Gasteiger charge is -2.12. The third kappa shape index (κ3) is 4.51. The van der Waals surface area contributed by atoms with Crippen LogP contribution in [0.15, 0.2) is 77.2 Å². The number of hydrogen-bond acceptors (Lipinski definition) is 6. The first-order valence-electron chi connectivity index (χ1n) is 10.4. The van der Waals surface area contributed by atoms with E-state index in [9.17, 15) is 18.4 Å². The van der Waals surface area contributed by atoms with Crippen molar-refractivity contribution in [3.05, 3.63) is 106 Å². The maximum absolute atomic E-state index is 14.7. The van der Waals surface area contributed by atoms with Gasteiger partial charge in [-0.1, -0.05) is 0 Å². The predicted octanol–water partition coefficient (Wildman–Crippen LogP) is 5.47. The molecule has 10 heteroatoms. The van der Waals surface area contributed by atoms with Gasteiger partial charge in [-0.05, 0) is 55.5 Å². The van der Waals surface area contributed by atoms with Crippen LogP contribution in [0.4, 0.5) is 14.5 Å². The molecule has 0 fully saturated rings. The van der Waals surface area contributed by atoms with E-state index < -0.39 is 23.1 Å². The van der Waals surface area contributed by atoms with Crippen LogP contribution in [0.25, 0.3) is 16.0 Å². The molecule has 0 aliphatic carbocycles. The number of amides is 1. The zero-order valence-electron chi connectivity index (χ0n) is 18.2. The fourth-order valence-corrected chi connectivity index (χ4v) is 4.28. The molecule has 0 aliphatic heterocycles. The highest BCUT2D eigenvalue weighted by molar-refractivity contribution is 7.16. The van der Waals surface area contributed by atoms with Gasteiger partial charge in [0, 0.05) is 29.7 Å². The Hall–Kier alpha value is -4.44. The molecular weight excluding hydrogens is 474 g/mol. The number of benzene rings is 2. The van der Waals surface area contributed by atoms with Crippen molar-refractivity contribution in [2.24, 2.45) is 0 Å². The monoisotopic (exact) mass is 490 g/mol. The van der Waals surface area contributed by atoms with Crippen LogP contribution >= 0.6 is 11.3 Å². The highest BCUT2D eigenvalue weighted by Crippen LogP contribution is 2.27. The summed E-state index contributed by atoms with van der Waals surface area (Å²) < 4.78 is 34.9. The van der Waals surface area contributed by atoms with E-state index in [1.807, 2.05) is 0 Å². The van der Waals surface area contributed by atoms with Crippen molar-refractivity contribution in [3.8, 4) is 17.2 Å². The second-order valence-corrected chi connectivity index (χ2v) is 8.39. The van der Waals surface area contributed by atoms with Crippen molar-refractivity contribution in [2.75, 3.05) is 5.32 Å². The molecule has 5 aromatic rings. The van der Waals surface area contributed by atoms with E-state index in [1.165, 1.54) is 58.4 Å². The molecule has 35 heavy (non-hydrogen) atoms. The minimum Gasteiger partial charge on any atom is -0.454 e. The molecule has 7 nitrogen and oxygen atoms in total. The Morgan fingerprint density at radius 1 is 1.03 bits per heavy atom. The van der Waals surface area contributed by atoms with E-state index in [4.69, 9.17) is 4.74 Å². The van der Waals surface area contributed by atoms with Crippen LogP contribution in [0, 0.1) is 18.6 Å². The fourth-order valence-electron chi connectivity index (χ4n) is 3.48. The number of fused-ring (bicyclic) bond motifs is 1. The maximum Gasteiger partial charge on any atom is 0.269 e. The van der Waals surface area contributed by atoms with Crippen molar-refractivity contribution in [1.82, 2.24) is 14.5 Å². The van der Waals surface area contributed by atoms with Crippen molar-refractivity contribution in [3.63, 3.8) is 0 Å². The minimum atomic E-state index is -0.737. The molecule has 0 bridgehead atoms. The van der Waals surface area contributed by atoms with Gasteiger partial charge in [0.1, 0.15) is 22.0 Å². The second kappa shape index (κ2) is 9.07. The van der Waals surface area contributed by atoms with Crippen molar-refractivity contribution in [2.45, 2.75) is 6.92 Å². The third-order valence-electron chi connectivity index (χ3n) is 5.11. The van der Waals surface area contributed by atoms with Gasteiger partial charge >= 0.3 is 0 Å². The third-order valence-corrected chi connectivity index (χ3v) is 5.93. The average molecular weight is 490 g/mol. The summed E-state index contributed by atoms with van der Waals surface area (Å²) in [6.45, 7) is 1.79. The first-order valence-corrected chi connectivity index (χ1v) is 11.2. The van der Waals surface area contributed by atoms with Gasteiger partial charge in [0.15, 0.2) is 11.6 Å². The van der Waals surface area contributed by atoms with Crippen LogP contribution in [0.2, 0.25) is 0 Å². The van der Waals surface area contributed by atoms with Crippen molar-refractivity contribution < 1.29 is 18.3 Å². The molecule has 0 saturated heterocycles. The number of anilines is 1. The van der Waals surface area contributed by atoms with Gasteiger partial charge < -0.3 is 10.1 Å². The van der Waals surface area contributed by atoms with Gasteiger partial charge in [-0.3, -0.25) is 19.1 Å². The molecule has 0 aliphatic rings. The molecule has 2 aromatic carbocycles. The number of thiazole rings is 1. The zero-order chi connectivity index (χ0) is 24.5. The summed E-state index contributed by atoms with van der Waals surface area (Å²) in [4.78, 5) is 35.0. The van der Waals surface area contributed by atoms with Gasteiger partial charge in [0.25, 0.3) is 11.5 Å². The number of pyridine rings is 2. The number of halogens is 2. The lowest BCUT2D eigenvalue weighted by atomic mass is 10.2. The van der Waals surface area contributed by atoms with Crippen LogP contribution < -0.4 is 15.6 Å². The SMILES string of the molecule is Cc1cc(Oc2ccc(NC(=O)c3cc4ncsc4n(-c4ccc(F)cc4)c3=O)cc2F)ccn1. The zero-order valence-corrected chi connectivity index (χ0v) is 19.0. The second-order valence-electron chi connectivity index (χ2n) is 7.55. The Morgan fingerprint density at radius 3 is 2.57 bits per heavy atom. The highest BCUT2D eigenvalue weighted by Gasteiger charge is 2.19. The number of rotatable bonds is 5. The average Bonchev–Trinajstić information content (AvgIpc) is 3.29. The maximum atomic E-state index is 14.7. The molecule has 174 valence electrons. The summed E-state index contributed by atoms with van der Waals surface area (Å²) in [5.41, 5.74) is 2.41. The summed E-state index contributed by atoms with van der Waals surface area (Å²) in [7, 11) is 0. The molecule has 5 rings (SSSR count). The molecule has 0 saturated carbocycles. The van der Waals surface area contributed by atoms with Gasteiger partial charge in [-0.2, -0.15) is 0 Å². The van der Waals surface area contributed by atoms with Crippen molar-refractivity contribution in [1.29, 1.82) is 0 Å². The predicted molar refractivity (Wildman–Crippen MR) is 129 cm³/mol. The van der Waals surface area contributed by atoms with Crippen LogP contribution in [-0.4, -0.2) is 20.4 Å². The number of ether oxygens (including phenoxy) is 1.